The number of likely N-dealkylation sites (tertiary alicyclic amines) is 1. The summed E-state index contributed by atoms with van der Waals surface area (Å²) in [6.45, 7) is 8.32. The van der Waals surface area contributed by atoms with Crippen LogP contribution in [0.2, 0.25) is 0 Å². The summed E-state index contributed by atoms with van der Waals surface area (Å²) in [5.41, 5.74) is 2.74. The largest absolute Gasteiger partial charge is 0.472 e. The Bertz CT molecular complexity index is 761. The van der Waals surface area contributed by atoms with Crippen molar-refractivity contribution in [1.29, 1.82) is 0 Å². The van der Waals surface area contributed by atoms with Crippen molar-refractivity contribution in [1.82, 2.24) is 15.5 Å². The minimum absolute atomic E-state index is 0.0621. The van der Waals surface area contributed by atoms with Gasteiger partial charge in [0.1, 0.15) is 6.26 Å². The zero-order chi connectivity index (χ0) is 19.9. The highest BCUT2D eigenvalue weighted by Crippen LogP contribution is 2.22. The van der Waals surface area contributed by atoms with Gasteiger partial charge >= 0.3 is 0 Å². The standard InChI is InChI=1S/C22H29N3O3/c1-16-9-17(2)13-25(12-16)14-19-5-3-18(4-6-19)10-23-21(26)11-24-22(27)20-7-8-28-15-20/h3-8,15-17H,9-14H2,1-2H3,(H,23,26)(H,24,27). The maximum atomic E-state index is 11.9. The molecule has 1 aromatic carbocycles. The van der Waals surface area contributed by atoms with Crippen LogP contribution in [0.4, 0.5) is 0 Å². The summed E-state index contributed by atoms with van der Waals surface area (Å²) in [6.07, 6.45) is 4.09. The van der Waals surface area contributed by atoms with Gasteiger partial charge in [0, 0.05) is 26.2 Å². The van der Waals surface area contributed by atoms with Crippen molar-refractivity contribution in [3.8, 4) is 0 Å². The van der Waals surface area contributed by atoms with Gasteiger partial charge in [0.05, 0.1) is 18.4 Å². The molecule has 0 aliphatic carbocycles. The van der Waals surface area contributed by atoms with E-state index in [2.05, 4.69) is 53.6 Å². The molecular weight excluding hydrogens is 354 g/mol. The number of nitrogens with zero attached hydrogens (tertiary/aromatic N) is 1. The average Bonchev–Trinajstić information content (AvgIpc) is 3.19. The topological polar surface area (TPSA) is 74.6 Å². The Morgan fingerprint density at radius 3 is 2.36 bits per heavy atom. The van der Waals surface area contributed by atoms with Crippen LogP contribution in [0.5, 0.6) is 0 Å². The Kier molecular flexibility index (Phi) is 6.87. The zero-order valence-corrected chi connectivity index (χ0v) is 16.6. The van der Waals surface area contributed by atoms with Crippen LogP contribution >= 0.6 is 0 Å². The molecule has 2 atom stereocenters. The second kappa shape index (κ2) is 9.55. The highest BCUT2D eigenvalue weighted by molar-refractivity contribution is 5.96. The van der Waals surface area contributed by atoms with Gasteiger partial charge in [-0.2, -0.15) is 0 Å². The smallest absolute Gasteiger partial charge is 0.254 e. The van der Waals surface area contributed by atoms with E-state index >= 15 is 0 Å². The van der Waals surface area contributed by atoms with Crippen LogP contribution in [0.3, 0.4) is 0 Å². The fourth-order valence-corrected chi connectivity index (χ4v) is 3.86. The first-order valence-electron chi connectivity index (χ1n) is 9.87. The van der Waals surface area contributed by atoms with Gasteiger partial charge in [-0.1, -0.05) is 38.1 Å². The molecule has 2 unspecified atom stereocenters. The molecule has 1 saturated heterocycles. The van der Waals surface area contributed by atoms with Gasteiger partial charge in [-0.05, 0) is 35.4 Å². The fraction of sp³-hybridized carbons (Fsp3) is 0.455. The molecular formula is C22H29N3O3. The number of amides is 2. The minimum Gasteiger partial charge on any atom is -0.472 e. The number of piperidine rings is 1. The molecule has 3 rings (SSSR count). The van der Waals surface area contributed by atoms with E-state index < -0.39 is 0 Å². The Morgan fingerprint density at radius 2 is 1.71 bits per heavy atom. The summed E-state index contributed by atoms with van der Waals surface area (Å²) in [7, 11) is 0. The van der Waals surface area contributed by atoms with Gasteiger partial charge < -0.3 is 15.1 Å². The lowest BCUT2D eigenvalue weighted by molar-refractivity contribution is -0.120. The van der Waals surface area contributed by atoms with Crippen molar-refractivity contribution >= 4 is 11.8 Å². The lowest BCUT2D eigenvalue weighted by Gasteiger charge is -2.35. The molecule has 2 N–H and O–H groups in total. The van der Waals surface area contributed by atoms with Crippen molar-refractivity contribution in [3.05, 3.63) is 59.5 Å². The van der Waals surface area contributed by atoms with E-state index in [-0.39, 0.29) is 18.4 Å². The highest BCUT2D eigenvalue weighted by Gasteiger charge is 2.21. The van der Waals surface area contributed by atoms with Gasteiger partial charge in [-0.3, -0.25) is 14.5 Å². The van der Waals surface area contributed by atoms with Crippen LogP contribution in [0, 0.1) is 11.8 Å². The quantitative estimate of drug-likeness (QED) is 0.771. The number of furan rings is 1. The number of carbonyl (C=O) groups is 2. The van der Waals surface area contributed by atoms with Crippen LogP contribution in [0.1, 0.15) is 41.8 Å². The van der Waals surface area contributed by atoms with E-state index in [0.717, 1.165) is 37.0 Å². The lowest BCUT2D eigenvalue weighted by Crippen LogP contribution is -2.38. The van der Waals surface area contributed by atoms with Crippen LogP contribution < -0.4 is 10.6 Å². The van der Waals surface area contributed by atoms with Crippen LogP contribution in [-0.4, -0.2) is 36.3 Å². The molecule has 0 spiro atoms. The van der Waals surface area contributed by atoms with E-state index in [1.807, 2.05) is 0 Å². The summed E-state index contributed by atoms with van der Waals surface area (Å²) < 4.78 is 4.85. The number of hydrogen-bond acceptors (Lipinski definition) is 4. The third kappa shape index (κ3) is 5.96. The van der Waals surface area contributed by atoms with E-state index in [1.165, 1.54) is 24.5 Å². The molecule has 1 aliphatic rings. The monoisotopic (exact) mass is 383 g/mol. The molecule has 2 heterocycles. The Hall–Kier alpha value is -2.60. The predicted molar refractivity (Wildman–Crippen MR) is 108 cm³/mol. The van der Waals surface area contributed by atoms with Crippen molar-refractivity contribution in [2.24, 2.45) is 11.8 Å². The van der Waals surface area contributed by atoms with E-state index in [4.69, 9.17) is 4.42 Å². The van der Waals surface area contributed by atoms with Crippen molar-refractivity contribution in [2.45, 2.75) is 33.4 Å². The molecule has 2 aromatic rings. The van der Waals surface area contributed by atoms with Gasteiger partial charge in [0.25, 0.3) is 5.91 Å². The molecule has 2 amide bonds. The first-order chi connectivity index (χ1) is 13.5. The molecule has 0 saturated carbocycles. The molecule has 6 nitrogen and oxygen atoms in total. The number of nitrogens with one attached hydrogen (secondary N) is 2. The van der Waals surface area contributed by atoms with Crippen molar-refractivity contribution < 1.29 is 14.0 Å². The third-order valence-electron chi connectivity index (χ3n) is 5.06. The first kappa shape index (κ1) is 20.1. The van der Waals surface area contributed by atoms with Crippen LogP contribution in [-0.2, 0) is 17.9 Å². The van der Waals surface area contributed by atoms with E-state index in [9.17, 15) is 9.59 Å². The fourth-order valence-electron chi connectivity index (χ4n) is 3.86. The normalized spacial score (nSPS) is 19.9. The third-order valence-corrected chi connectivity index (χ3v) is 5.06. The number of carbonyl (C=O) groups excluding carboxylic acids is 2. The Labute approximate surface area is 166 Å². The lowest BCUT2D eigenvalue weighted by atomic mass is 9.91. The predicted octanol–water partition coefficient (Wildman–Crippen LogP) is 2.80. The van der Waals surface area contributed by atoms with Gasteiger partial charge in [-0.25, -0.2) is 0 Å². The Morgan fingerprint density at radius 1 is 1.04 bits per heavy atom. The number of benzene rings is 1. The van der Waals surface area contributed by atoms with Gasteiger partial charge in [-0.15, -0.1) is 0 Å². The van der Waals surface area contributed by atoms with Crippen LogP contribution in [0.15, 0.2) is 47.3 Å². The van der Waals surface area contributed by atoms with Gasteiger partial charge in [0.15, 0.2) is 0 Å². The molecule has 1 aliphatic heterocycles. The van der Waals surface area contributed by atoms with Crippen LogP contribution in [0.25, 0.3) is 0 Å². The van der Waals surface area contributed by atoms with Gasteiger partial charge in [0.2, 0.25) is 5.91 Å². The molecule has 1 aromatic heterocycles. The molecule has 0 bridgehead atoms. The number of rotatable bonds is 7. The first-order valence-corrected chi connectivity index (χ1v) is 9.87. The maximum Gasteiger partial charge on any atom is 0.254 e. The molecule has 1 fully saturated rings. The summed E-state index contributed by atoms with van der Waals surface area (Å²) >= 11 is 0. The van der Waals surface area contributed by atoms with Crippen molar-refractivity contribution in [2.75, 3.05) is 19.6 Å². The summed E-state index contributed by atoms with van der Waals surface area (Å²) in [4.78, 5) is 26.2. The molecule has 0 radical (unpaired) electrons. The average molecular weight is 383 g/mol. The SMILES string of the molecule is CC1CC(C)CN(Cc2ccc(CNC(=O)CNC(=O)c3ccoc3)cc2)C1. The molecule has 28 heavy (non-hydrogen) atoms. The van der Waals surface area contributed by atoms with Crippen molar-refractivity contribution in [3.63, 3.8) is 0 Å². The second-order valence-electron chi connectivity index (χ2n) is 7.93. The van der Waals surface area contributed by atoms with E-state index in [0.29, 0.717) is 12.1 Å². The highest BCUT2D eigenvalue weighted by atomic mass is 16.3. The second-order valence-corrected chi connectivity index (χ2v) is 7.93. The molecule has 150 valence electrons. The maximum absolute atomic E-state index is 11.9. The summed E-state index contributed by atoms with van der Waals surface area (Å²) in [5, 5.41) is 5.39. The Balaban J connectivity index is 1.40. The summed E-state index contributed by atoms with van der Waals surface area (Å²) in [6, 6.07) is 9.92. The zero-order valence-electron chi connectivity index (χ0n) is 16.6. The molecule has 6 heteroatoms. The van der Waals surface area contributed by atoms with E-state index in [1.54, 1.807) is 6.07 Å². The number of hydrogen-bond donors (Lipinski definition) is 2. The summed E-state index contributed by atoms with van der Waals surface area (Å²) in [5.74, 6) is 0.964. The minimum atomic E-state index is -0.324.